The Labute approximate surface area is 80.5 Å². The zero-order chi connectivity index (χ0) is 10.7. The van der Waals surface area contributed by atoms with Crippen molar-refractivity contribution < 1.29 is 18.3 Å². The molecule has 4 heteroatoms. The lowest BCUT2D eigenvalue weighted by molar-refractivity contribution is -0.0501. The van der Waals surface area contributed by atoms with Crippen LogP contribution in [0.15, 0.2) is 12.1 Å². The molecule has 0 heterocycles. The van der Waals surface area contributed by atoms with Gasteiger partial charge in [-0.1, -0.05) is 6.07 Å². The molecule has 1 rings (SSSR count). The molecule has 0 saturated carbocycles. The number of aryl methyl sites for hydroxylation is 2. The van der Waals surface area contributed by atoms with Crippen molar-refractivity contribution in [3.8, 4) is 5.75 Å². The number of rotatable bonds is 3. The molecule has 0 atom stereocenters. The molecule has 0 aliphatic carbocycles. The minimum absolute atomic E-state index is 0.0625. The normalized spacial score (nSPS) is 10.4. The van der Waals surface area contributed by atoms with Crippen molar-refractivity contribution in [3.63, 3.8) is 0 Å². The first-order valence-electron chi connectivity index (χ1n) is 4.06. The lowest BCUT2D eigenvalue weighted by atomic mass is 10.1. The van der Waals surface area contributed by atoms with Gasteiger partial charge in [-0.05, 0) is 31.0 Å². The lowest BCUT2D eigenvalue weighted by Crippen LogP contribution is -2.05. The Morgan fingerprint density at radius 3 is 2.50 bits per heavy atom. The largest absolute Gasteiger partial charge is 0.434 e. The van der Waals surface area contributed by atoms with Gasteiger partial charge in [0.05, 0.1) is 5.56 Å². The molecule has 0 unspecified atom stereocenters. The van der Waals surface area contributed by atoms with E-state index in [2.05, 4.69) is 4.74 Å². The summed E-state index contributed by atoms with van der Waals surface area (Å²) in [5.74, 6) is -0.0625. The molecule has 76 valence electrons. The van der Waals surface area contributed by atoms with E-state index in [0.717, 1.165) is 5.56 Å². The van der Waals surface area contributed by atoms with Gasteiger partial charge in [0.15, 0.2) is 6.29 Å². The van der Waals surface area contributed by atoms with Gasteiger partial charge < -0.3 is 4.74 Å². The zero-order valence-corrected chi connectivity index (χ0v) is 7.88. The number of alkyl halides is 2. The van der Waals surface area contributed by atoms with Crippen LogP contribution in [0.1, 0.15) is 21.5 Å². The Hall–Kier alpha value is -1.45. The monoisotopic (exact) mass is 200 g/mol. The summed E-state index contributed by atoms with van der Waals surface area (Å²) in [6.07, 6.45) is 0.520. The third-order valence-corrected chi connectivity index (χ3v) is 1.83. The Morgan fingerprint density at radius 2 is 2.00 bits per heavy atom. The standard InChI is InChI=1S/C10H10F2O2/c1-6-3-7(2)8(5-13)9(4-6)14-10(11)12/h3-5,10H,1-2H3. The van der Waals surface area contributed by atoms with E-state index in [-0.39, 0.29) is 11.3 Å². The van der Waals surface area contributed by atoms with Crippen LogP contribution in [0.4, 0.5) is 8.78 Å². The Kier molecular flexibility index (Phi) is 3.17. The van der Waals surface area contributed by atoms with Crippen LogP contribution in [0.5, 0.6) is 5.75 Å². The molecule has 0 aliphatic rings. The summed E-state index contributed by atoms with van der Waals surface area (Å²) in [6.45, 7) is 0.518. The first-order valence-corrected chi connectivity index (χ1v) is 4.06. The number of carbonyl (C=O) groups is 1. The number of carbonyl (C=O) groups excluding carboxylic acids is 1. The van der Waals surface area contributed by atoms with Crippen LogP contribution in [0.3, 0.4) is 0 Å². The fourth-order valence-corrected chi connectivity index (χ4v) is 1.28. The number of aldehydes is 1. The molecule has 0 N–H and O–H groups in total. The van der Waals surface area contributed by atoms with Gasteiger partial charge in [0.1, 0.15) is 5.75 Å². The van der Waals surface area contributed by atoms with E-state index in [1.165, 1.54) is 6.07 Å². The Balaban J connectivity index is 3.17. The molecule has 0 aliphatic heterocycles. The van der Waals surface area contributed by atoms with Gasteiger partial charge in [0.25, 0.3) is 0 Å². The molecule has 0 saturated heterocycles. The van der Waals surface area contributed by atoms with E-state index in [1.807, 2.05) is 0 Å². The molecule has 0 radical (unpaired) electrons. The average molecular weight is 200 g/mol. The number of ether oxygens (including phenoxy) is 1. The molecule has 0 spiro atoms. The van der Waals surface area contributed by atoms with Gasteiger partial charge in [-0.25, -0.2) is 0 Å². The van der Waals surface area contributed by atoms with Crippen molar-refractivity contribution in [2.45, 2.75) is 20.5 Å². The van der Waals surface area contributed by atoms with Crippen molar-refractivity contribution in [2.24, 2.45) is 0 Å². The maximum atomic E-state index is 12.0. The van der Waals surface area contributed by atoms with E-state index >= 15 is 0 Å². The van der Waals surface area contributed by atoms with Crippen LogP contribution >= 0.6 is 0 Å². The van der Waals surface area contributed by atoms with Gasteiger partial charge in [0.2, 0.25) is 0 Å². The molecule has 1 aromatic carbocycles. The quantitative estimate of drug-likeness (QED) is 0.701. The smallest absolute Gasteiger partial charge is 0.387 e. The van der Waals surface area contributed by atoms with Crippen LogP contribution in [0, 0.1) is 13.8 Å². The summed E-state index contributed by atoms with van der Waals surface area (Å²) in [7, 11) is 0. The molecular weight excluding hydrogens is 190 g/mol. The average Bonchev–Trinajstić information content (AvgIpc) is 2.01. The second kappa shape index (κ2) is 4.17. The predicted octanol–water partition coefficient (Wildman–Crippen LogP) is 2.72. The second-order valence-electron chi connectivity index (χ2n) is 2.99. The van der Waals surface area contributed by atoms with Crippen LogP contribution in [0.2, 0.25) is 0 Å². The van der Waals surface area contributed by atoms with Gasteiger partial charge in [-0.15, -0.1) is 0 Å². The Bertz CT molecular complexity index is 348. The molecule has 2 nitrogen and oxygen atoms in total. The summed E-state index contributed by atoms with van der Waals surface area (Å²) < 4.78 is 28.2. The highest BCUT2D eigenvalue weighted by molar-refractivity contribution is 5.81. The Morgan fingerprint density at radius 1 is 1.36 bits per heavy atom. The molecule has 0 aromatic heterocycles. The molecular formula is C10H10F2O2. The number of benzene rings is 1. The van der Waals surface area contributed by atoms with E-state index in [4.69, 9.17) is 0 Å². The van der Waals surface area contributed by atoms with Gasteiger partial charge in [0, 0.05) is 0 Å². The highest BCUT2D eigenvalue weighted by Gasteiger charge is 2.11. The third kappa shape index (κ3) is 2.28. The minimum Gasteiger partial charge on any atom is -0.434 e. The van der Waals surface area contributed by atoms with Crippen molar-refractivity contribution in [2.75, 3.05) is 0 Å². The fraction of sp³-hybridized carbons (Fsp3) is 0.300. The van der Waals surface area contributed by atoms with Gasteiger partial charge in [-0.2, -0.15) is 8.78 Å². The molecule has 0 bridgehead atoms. The van der Waals surface area contributed by atoms with E-state index in [9.17, 15) is 13.6 Å². The summed E-state index contributed by atoms with van der Waals surface area (Å²) in [5.41, 5.74) is 1.59. The van der Waals surface area contributed by atoms with Gasteiger partial charge in [-0.3, -0.25) is 4.79 Å². The second-order valence-corrected chi connectivity index (χ2v) is 2.99. The van der Waals surface area contributed by atoms with Crippen LogP contribution in [-0.4, -0.2) is 12.9 Å². The van der Waals surface area contributed by atoms with E-state index in [0.29, 0.717) is 11.8 Å². The summed E-state index contributed by atoms with van der Waals surface area (Å²) >= 11 is 0. The van der Waals surface area contributed by atoms with Crippen molar-refractivity contribution in [3.05, 3.63) is 28.8 Å². The molecule has 1 aromatic rings. The fourth-order valence-electron chi connectivity index (χ4n) is 1.28. The van der Waals surface area contributed by atoms with Crippen molar-refractivity contribution in [1.29, 1.82) is 0 Å². The topological polar surface area (TPSA) is 26.3 Å². The maximum Gasteiger partial charge on any atom is 0.387 e. The third-order valence-electron chi connectivity index (χ3n) is 1.83. The molecule has 0 amide bonds. The van der Waals surface area contributed by atoms with E-state index < -0.39 is 6.61 Å². The molecule has 0 fully saturated rings. The van der Waals surface area contributed by atoms with Crippen LogP contribution < -0.4 is 4.74 Å². The van der Waals surface area contributed by atoms with Crippen LogP contribution in [0.25, 0.3) is 0 Å². The lowest BCUT2D eigenvalue weighted by Gasteiger charge is -2.10. The summed E-state index contributed by atoms with van der Waals surface area (Å²) in [6, 6.07) is 3.16. The highest BCUT2D eigenvalue weighted by Crippen LogP contribution is 2.24. The maximum absolute atomic E-state index is 12.0. The van der Waals surface area contributed by atoms with Crippen molar-refractivity contribution in [1.82, 2.24) is 0 Å². The van der Waals surface area contributed by atoms with Crippen molar-refractivity contribution >= 4 is 6.29 Å². The summed E-state index contributed by atoms with van der Waals surface area (Å²) in [5, 5.41) is 0. The number of halogens is 2. The SMILES string of the molecule is Cc1cc(C)c(C=O)c(OC(F)F)c1. The summed E-state index contributed by atoms with van der Waals surface area (Å²) in [4.78, 5) is 10.6. The first-order chi connectivity index (χ1) is 6.54. The number of hydrogen-bond acceptors (Lipinski definition) is 2. The van der Waals surface area contributed by atoms with Crippen LogP contribution in [-0.2, 0) is 0 Å². The highest BCUT2D eigenvalue weighted by atomic mass is 19.3. The van der Waals surface area contributed by atoms with Gasteiger partial charge >= 0.3 is 6.61 Å². The minimum atomic E-state index is -2.91. The zero-order valence-electron chi connectivity index (χ0n) is 7.88. The first kappa shape index (κ1) is 10.6. The number of hydrogen-bond donors (Lipinski definition) is 0. The molecule has 14 heavy (non-hydrogen) atoms. The predicted molar refractivity (Wildman–Crippen MR) is 47.9 cm³/mol. The van der Waals surface area contributed by atoms with E-state index in [1.54, 1.807) is 19.9 Å².